The summed E-state index contributed by atoms with van der Waals surface area (Å²) in [6, 6.07) is 6.90. The first-order chi connectivity index (χ1) is 14.5. The highest BCUT2D eigenvalue weighted by Gasteiger charge is 2.39. The molecule has 160 valence electrons. The zero-order valence-corrected chi connectivity index (χ0v) is 17.0. The summed E-state index contributed by atoms with van der Waals surface area (Å²) in [5, 5.41) is 23.4. The highest BCUT2D eigenvalue weighted by Crippen LogP contribution is 2.33. The molecule has 0 saturated carbocycles. The Bertz CT molecular complexity index is 861. The quantitative estimate of drug-likeness (QED) is 0.439. The molecule has 3 rings (SSSR count). The van der Waals surface area contributed by atoms with Gasteiger partial charge in [0.15, 0.2) is 5.82 Å². The third-order valence-electron chi connectivity index (χ3n) is 4.69. The van der Waals surface area contributed by atoms with Crippen LogP contribution in [0.25, 0.3) is 0 Å². The number of benzene rings is 1. The molecule has 2 atom stereocenters. The second-order valence-electron chi connectivity index (χ2n) is 6.82. The molecule has 2 heterocycles. The fraction of sp³-hybridized carbons (Fsp3) is 0.400. The molecule has 1 fully saturated rings. The summed E-state index contributed by atoms with van der Waals surface area (Å²) < 4.78 is 28.8. The molecule has 1 aliphatic heterocycles. The smallest absolute Gasteiger partial charge is 0.302 e. The molecule has 1 aliphatic rings. The number of carbonyl (C=O) groups is 1. The number of halogens is 2. The molecular formula is C20H23F2N5O2S. The van der Waals surface area contributed by atoms with Gasteiger partial charge in [-0.1, -0.05) is 66.4 Å². The van der Waals surface area contributed by atoms with Crippen molar-refractivity contribution in [3.05, 3.63) is 66.0 Å². The first kappa shape index (κ1) is 22.1. The number of amides is 1. The van der Waals surface area contributed by atoms with Gasteiger partial charge in [0.2, 0.25) is 0 Å². The number of nitrogens with zero attached hydrogens (tertiary/aromatic N) is 4. The molecular weight excluding hydrogens is 412 g/mol. The Labute approximate surface area is 177 Å². The fourth-order valence-corrected chi connectivity index (χ4v) is 4.02. The van der Waals surface area contributed by atoms with Crippen LogP contribution in [0.5, 0.6) is 0 Å². The molecule has 30 heavy (non-hydrogen) atoms. The monoisotopic (exact) mass is 435 g/mol. The van der Waals surface area contributed by atoms with E-state index in [1.807, 2.05) is 12.2 Å². The largest absolute Gasteiger partial charge is 0.382 e. The predicted molar refractivity (Wildman–Crippen MR) is 110 cm³/mol. The van der Waals surface area contributed by atoms with E-state index in [0.717, 1.165) is 30.7 Å². The number of aliphatic hydroxyl groups excluding tert-OH is 1. The van der Waals surface area contributed by atoms with Gasteiger partial charge in [-0.2, -0.15) is 8.78 Å². The number of hydrogen-bond donors (Lipinski definition) is 2. The lowest BCUT2D eigenvalue weighted by molar-refractivity contribution is -0.0929. The minimum Gasteiger partial charge on any atom is -0.382 e. The van der Waals surface area contributed by atoms with E-state index in [1.165, 1.54) is 30.3 Å². The molecule has 1 aromatic heterocycles. The molecule has 10 heteroatoms. The standard InChI is InChI=1S/C20H23F2N5O2S/c21-20(22,15-8-4-3-5-9-15)17(28)12-11-16-14-30-19(29)27(16)13-7-2-1-6-10-18-23-25-26-24-18/h1,3-6,8-9,11-12,16-17,28H,2,7,10,13-14H2,(H,23,24,25,26)/b6-1-,12-11+. The minimum absolute atomic E-state index is 0.0781. The average molecular weight is 436 g/mol. The molecule has 0 radical (unpaired) electrons. The van der Waals surface area contributed by atoms with Gasteiger partial charge in [-0.15, -0.1) is 5.10 Å². The Balaban J connectivity index is 1.49. The summed E-state index contributed by atoms with van der Waals surface area (Å²) in [7, 11) is 0. The van der Waals surface area contributed by atoms with Gasteiger partial charge >= 0.3 is 5.92 Å². The zero-order chi connectivity index (χ0) is 21.4. The lowest BCUT2D eigenvalue weighted by atomic mass is 10.0. The van der Waals surface area contributed by atoms with E-state index in [0.29, 0.717) is 24.5 Å². The van der Waals surface area contributed by atoms with Crippen LogP contribution in [0.1, 0.15) is 24.2 Å². The summed E-state index contributed by atoms with van der Waals surface area (Å²) in [6.07, 6.45) is 6.68. The summed E-state index contributed by atoms with van der Waals surface area (Å²) in [4.78, 5) is 13.8. The maximum atomic E-state index is 14.4. The van der Waals surface area contributed by atoms with Crippen molar-refractivity contribution < 1.29 is 18.7 Å². The van der Waals surface area contributed by atoms with Crippen molar-refractivity contribution in [1.29, 1.82) is 0 Å². The number of aromatic nitrogens is 4. The van der Waals surface area contributed by atoms with Crippen LogP contribution in [-0.4, -0.2) is 60.3 Å². The number of rotatable bonds is 10. The van der Waals surface area contributed by atoms with Crippen molar-refractivity contribution >= 4 is 17.0 Å². The van der Waals surface area contributed by atoms with E-state index in [1.54, 1.807) is 11.0 Å². The topological polar surface area (TPSA) is 95.0 Å². The summed E-state index contributed by atoms with van der Waals surface area (Å²) >= 11 is 1.16. The maximum Gasteiger partial charge on any atom is 0.302 e. The number of H-pyrrole nitrogens is 1. The summed E-state index contributed by atoms with van der Waals surface area (Å²) in [5.41, 5.74) is -0.247. The van der Waals surface area contributed by atoms with Gasteiger partial charge in [-0.3, -0.25) is 4.79 Å². The Kier molecular flexibility index (Phi) is 7.69. The Morgan fingerprint density at radius 3 is 2.87 bits per heavy atom. The minimum atomic E-state index is -3.40. The molecule has 2 aromatic rings. The number of nitrogens with one attached hydrogen (secondary N) is 1. The number of aromatic amines is 1. The third kappa shape index (κ3) is 5.73. The van der Waals surface area contributed by atoms with Crippen molar-refractivity contribution in [3.63, 3.8) is 0 Å². The van der Waals surface area contributed by atoms with Gasteiger partial charge in [-0.25, -0.2) is 5.10 Å². The molecule has 1 amide bonds. The predicted octanol–water partition coefficient (Wildman–Crippen LogP) is 3.33. The Hall–Kier alpha value is -2.59. The first-order valence-corrected chi connectivity index (χ1v) is 10.6. The molecule has 2 unspecified atom stereocenters. The van der Waals surface area contributed by atoms with E-state index in [-0.39, 0.29) is 16.8 Å². The Morgan fingerprint density at radius 1 is 1.33 bits per heavy atom. The van der Waals surface area contributed by atoms with Crippen molar-refractivity contribution in [2.24, 2.45) is 0 Å². The van der Waals surface area contributed by atoms with Crippen LogP contribution >= 0.6 is 11.8 Å². The van der Waals surface area contributed by atoms with Crippen LogP contribution in [-0.2, 0) is 12.3 Å². The van der Waals surface area contributed by atoms with Crippen LogP contribution in [0.3, 0.4) is 0 Å². The highest BCUT2D eigenvalue weighted by atomic mass is 32.2. The van der Waals surface area contributed by atoms with Crippen LogP contribution in [0.15, 0.2) is 54.6 Å². The number of hydrogen-bond acceptors (Lipinski definition) is 6. The van der Waals surface area contributed by atoms with Gasteiger partial charge in [-0.05, 0) is 23.3 Å². The van der Waals surface area contributed by atoms with Crippen molar-refractivity contribution in [3.8, 4) is 0 Å². The molecule has 0 bridgehead atoms. The SMILES string of the molecule is O=C1SCC(/C=C/C(O)C(F)(F)c2ccccc2)N1CCC/C=C\Cc1nnn[nH]1. The molecule has 0 aliphatic carbocycles. The van der Waals surface area contributed by atoms with E-state index in [9.17, 15) is 18.7 Å². The van der Waals surface area contributed by atoms with Gasteiger partial charge in [0.05, 0.1) is 6.04 Å². The zero-order valence-electron chi connectivity index (χ0n) is 16.2. The van der Waals surface area contributed by atoms with Crippen molar-refractivity contribution in [1.82, 2.24) is 25.5 Å². The summed E-state index contributed by atoms with van der Waals surface area (Å²) in [5.74, 6) is -2.25. The van der Waals surface area contributed by atoms with Crippen LogP contribution in [0.2, 0.25) is 0 Å². The number of thioether (sulfide) groups is 1. The lowest BCUT2D eigenvalue weighted by Gasteiger charge is -2.23. The van der Waals surface area contributed by atoms with Gasteiger partial charge in [0.1, 0.15) is 6.10 Å². The number of carbonyl (C=O) groups excluding carboxylic acids is 1. The fourth-order valence-electron chi connectivity index (χ4n) is 3.02. The second-order valence-corrected chi connectivity index (χ2v) is 7.79. The third-order valence-corrected chi connectivity index (χ3v) is 5.68. The van der Waals surface area contributed by atoms with Crippen LogP contribution < -0.4 is 0 Å². The second kappa shape index (κ2) is 10.4. The summed E-state index contributed by atoms with van der Waals surface area (Å²) in [6.45, 7) is 0.514. The number of allylic oxidation sites excluding steroid dienone is 2. The van der Waals surface area contributed by atoms with Gasteiger partial charge in [0, 0.05) is 24.3 Å². The molecule has 1 aromatic carbocycles. The average Bonchev–Trinajstić information content (AvgIpc) is 3.39. The highest BCUT2D eigenvalue weighted by molar-refractivity contribution is 8.13. The van der Waals surface area contributed by atoms with Crippen LogP contribution in [0, 0.1) is 0 Å². The number of unbranched alkanes of at least 4 members (excludes halogenated alkanes) is 1. The number of aliphatic hydroxyl groups is 1. The van der Waals surface area contributed by atoms with Crippen molar-refractivity contribution in [2.45, 2.75) is 37.3 Å². The molecule has 1 saturated heterocycles. The number of tetrazole rings is 1. The molecule has 2 N–H and O–H groups in total. The first-order valence-electron chi connectivity index (χ1n) is 9.59. The van der Waals surface area contributed by atoms with Gasteiger partial charge in [0.25, 0.3) is 5.24 Å². The van der Waals surface area contributed by atoms with E-state index < -0.39 is 12.0 Å². The Morgan fingerprint density at radius 2 is 2.13 bits per heavy atom. The lowest BCUT2D eigenvalue weighted by Crippen LogP contribution is -2.34. The van der Waals surface area contributed by atoms with Gasteiger partial charge < -0.3 is 10.0 Å². The van der Waals surface area contributed by atoms with E-state index >= 15 is 0 Å². The maximum absolute atomic E-state index is 14.4. The van der Waals surface area contributed by atoms with E-state index in [2.05, 4.69) is 20.6 Å². The molecule has 0 spiro atoms. The van der Waals surface area contributed by atoms with E-state index in [4.69, 9.17) is 0 Å². The van der Waals surface area contributed by atoms with Crippen LogP contribution in [0.4, 0.5) is 13.6 Å². The normalized spacial score (nSPS) is 18.7. The molecule has 7 nitrogen and oxygen atoms in total. The number of alkyl halides is 2. The van der Waals surface area contributed by atoms with Crippen molar-refractivity contribution in [2.75, 3.05) is 12.3 Å².